The van der Waals surface area contributed by atoms with E-state index in [1.54, 1.807) is 0 Å². The van der Waals surface area contributed by atoms with Gasteiger partial charge in [0.2, 0.25) is 11.8 Å². The molecule has 0 rings (SSSR count). The minimum absolute atomic E-state index is 0.415. The van der Waals surface area contributed by atoms with Gasteiger partial charge in [0.25, 0.3) is 0 Å². The Morgan fingerprint density at radius 1 is 1.40 bits per heavy atom. The summed E-state index contributed by atoms with van der Waals surface area (Å²) < 4.78 is 35.4. The average molecular weight is 227 g/mol. The van der Waals surface area contributed by atoms with Crippen molar-refractivity contribution in [2.24, 2.45) is 5.73 Å². The highest BCUT2D eigenvalue weighted by Gasteiger charge is 2.30. The number of alkyl halides is 3. The Balaban J connectivity index is 4.18. The topological polar surface area (TPSA) is 84.2 Å². The van der Waals surface area contributed by atoms with Gasteiger partial charge in [0.1, 0.15) is 0 Å². The van der Waals surface area contributed by atoms with Gasteiger partial charge in [0, 0.05) is 7.05 Å². The molecule has 4 N–H and O–H groups in total. The molecule has 0 aromatic heterocycles. The third kappa shape index (κ3) is 6.72. The molecule has 8 heteroatoms. The molecule has 88 valence electrons. The number of rotatable bonds is 5. The van der Waals surface area contributed by atoms with Crippen LogP contribution in [0, 0.1) is 0 Å². The third-order valence-electron chi connectivity index (χ3n) is 1.56. The molecule has 0 saturated heterocycles. The van der Waals surface area contributed by atoms with Gasteiger partial charge in [-0.2, -0.15) is 13.2 Å². The minimum atomic E-state index is -4.45. The van der Waals surface area contributed by atoms with Gasteiger partial charge in [0.15, 0.2) is 0 Å². The highest BCUT2D eigenvalue weighted by atomic mass is 19.4. The predicted molar refractivity (Wildman–Crippen MR) is 45.7 cm³/mol. The van der Waals surface area contributed by atoms with E-state index in [-0.39, 0.29) is 0 Å². The summed E-state index contributed by atoms with van der Waals surface area (Å²) in [5.74, 6) is -1.56. The Labute approximate surface area is 84.2 Å². The second-order valence-corrected chi connectivity index (χ2v) is 2.83. The van der Waals surface area contributed by atoms with E-state index in [0.29, 0.717) is 0 Å². The largest absolute Gasteiger partial charge is 0.401 e. The van der Waals surface area contributed by atoms with Crippen molar-refractivity contribution in [1.29, 1.82) is 0 Å². The molecule has 1 atom stereocenters. The van der Waals surface area contributed by atoms with Gasteiger partial charge in [-0.05, 0) is 0 Å². The van der Waals surface area contributed by atoms with Crippen molar-refractivity contribution < 1.29 is 22.8 Å². The summed E-state index contributed by atoms with van der Waals surface area (Å²) in [6, 6.07) is -1.31. The molecule has 0 aliphatic rings. The molecule has 2 amide bonds. The number of nitrogens with two attached hydrogens (primary N) is 1. The van der Waals surface area contributed by atoms with Crippen molar-refractivity contribution in [2.45, 2.75) is 18.6 Å². The maximum atomic E-state index is 11.8. The van der Waals surface area contributed by atoms with Gasteiger partial charge < -0.3 is 11.1 Å². The number of primary amides is 1. The van der Waals surface area contributed by atoms with Gasteiger partial charge in [-0.3, -0.25) is 14.9 Å². The van der Waals surface area contributed by atoms with Crippen LogP contribution in [0.5, 0.6) is 0 Å². The summed E-state index contributed by atoms with van der Waals surface area (Å²) in [6.07, 6.45) is -4.86. The first-order valence-electron chi connectivity index (χ1n) is 4.06. The van der Waals surface area contributed by atoms with Gasteiger partial charge >= 0.3 is 6.18 Å². The molecule has 0 bridgehead atoms. The van der Waals surface area contributed by atoms with Crippen molar-refractivity contribution in [2.75, 3.05) is 13.6 Å². The Morgan fingerprint density at radius 2 is 1.93 bits per heavy atom. The molecular formula is C7H12F3N3O2. The number of hydrogen-bond donors (Lipinski definition) is 3. The summed E-state index contributed by atoms with van der Waals surface area (Å²) in [5.41, 5.74) is 4.82. The molecule has 0 aliphatic heterocycles. The van der Waals surface area contributed by atoms with E-state index in [1.807, 2.05) is 5.32 Å². The van der Waals surface area contributed by atoms with E-state index < -0.39 is 37.0 Å². The lowest BCUT2D eigenvalue weighted by molar-refractivity contribution is -0.134. The molecule has 5 nitrogen and oxygen atoms in total. The molecule has 0 aromatic rings. The first kappa shape index (κ1) is 13.7. The molecule has 0 aromatic carbocycles. The maximum Gasteiger partial charge on any atom is 0.401 e. The first-order chi connectivity index (χ1) is 6.76. The lowest BCUT2D eigenvalue weighted by Crippen LogP contribution is -2.47. The summed E-state index contributed by atoms with van der Waals surface area (Å²) in [4.78, 5) is 21.5. The fourth-order valence-corrected chi connectivity index (χ4v) is 0.800. The second kappa shape index (κ2) is 5.54. The smallest absolute Gasteiger partial charge is 0.368 e. The molecule has 0 spiro atoms. The van der Waals surface area contributed by atoms with Crippen LogP contribution in [-0.2, 0) is 9.59 Å². The number of halogens is 3. The SMILES string of the molecule is CNC(=O)CC(NCC(F)(F)F)C(N)=O. The Hall–Kier alpha value is -1.31. The zero-order chi connectivity index (χ0) is 12.1. The summed E-state index contributed by atoms with van der Waals surface area (Å²) >= 11 is 0. The molecule has 0 aliphatic carbocycles. The first-order valence-corrected chi connectivity index (χ1v) is 4.06. The normalized spacial score (nSPS) is 13.3. The van der Waals surface area contributed by atoms with Crippen molar-refractivity contribution in [3.63, 3.8) is 0 Å². The lowest BCUT2D eigenvalue weighted by atomic mass is 10.2. The third-order valence-corrected chi connectivity index (χ3v) is 1.56. The van der Waals surface area contributed by atoms with Crippen LogP contribution in [0.3, 0.4) is 0 Å². The number of hydrogen-bond acceptors (Lipinski definition) is 3. The summed E-state index contributed by atoms with van der Waals surface area (Å²) in [7, 11) is 1.31. The van der Waals surface area contributed by atoms with Crippen molar-refractivity contribution in [1.82, 2.24) is 10.6 Å². The molecule has 1 unspecified atom stereocenters. The van der Waals surface area contributed by atoms with Crippen molar-refractivity contribution in [3.8, 4) is 0 Å². The summed E-state index contributed by atoms with van der Waals surface area (Å²) in [5, 5.41) is 4.04. The zero-order valence-electron chi connectivity index (χ0n) is 8.02. The lowest BCUT2D eigenvalue weighted by Gasteiger charge is -2.15. The van der Waals surface area contributed by atoms with E-state index in [1.165, 1.54) is 7.05 Å². The fraction of sp³-hybridized carbons (Fsp3) is 0.714. The standard InChI is InChI=1S/C7H12F3N3O2/c1-12-5(14)2-4(6(11)15)13-3-7(8,9)10/h4,13H,2-3H2,1H3,(H2,11,15)(H,12,14). The fourth-order valence-electron chi connectivity index (χ4n) is 0.800. The van der Waals surface area contributed by atoms with Crippen molar-refractivity contribution >= 4 is 11.8 Å². The zero-order valence-corrected chi connectivity index (χ0v) is 8.02. The van der Waals surface area contributed by atoms with Crippen molar-refractivity contribution in [3.05, 3.63) is 0 Å². The molecule has 0 fully saturated rings. The van der Waals surface area contributed by atoms with E-state index in [9.17, 15) is 22.8 Å². The van der Waals surface area contributed by atoms with Crippen LogP contribution < -0.4 is 16.4 Å². The molecule has 15 heavy (non-hydrogen) atoms. The Kier molecular flexibility index (Phi) is 5.06. The molecule has 0 radical (unpaired) electrons. The minimum Gasteiger partial charge on any atom is -0.368 e. The van der Waals surface area contributed by atoms with Gasteiger partial charge in [-0.25, -0.2) is 0 Å². The Morgan fingerprint density at radius 3 is 2.27 bits per heavy atom. The van der Waals surface area contributed by atoms with Crippen LogP contribution in [0.4, 0.5) is 13.2 Å². The van der Waals surface area contributed by atoms with Crippen LogP contribution in [-0.4, -0.2) is 37.6 Å². The average Bonchev–Trinajstić information content (AvgIpc) is 2.09. The summed E-state index contributed by atoms with van der Waals surface area (Å²) in [6.45, 7) is -1.36. The molecular weight excluding hydrogens is 215 g/mol. The van der Waals surface area contributed by atoms with E-state index in [2.05, 4.69) is 5.32 Å². The molecule has 0 heterocycles. The number of carbonyl (C=O) groups excluding carboxylic acids is 2. The quantitative estimate of drug-likeness (QED) is 0.570. The number of carbonyl (C=O) groups is 2. The predicted octanol–water partition coefficient (Wildman–Crippen LogP) is -0.872. The monoisotopic (exact) mass is 227 g/mol. The van der Waals surface area contributed by atoms with E-state index in [4.69, 9.17) is 5.73 Å². The van der Waals surface area contributed by atoms with Crippen LogP contribution in [0.2, 0.25) is 0 Å². The van der Waals surface area contributed by atoms with Crippen LogP contribution in [0.25, 0.3) is 0 Å². The van der Waals surface area contributed by atoms with Crippen LogP contribution in [0.15, 0.2) is 0 Å². The van der Waals surface area contributed by atoms with Crippen LogP contribution in [0.1, 0.15) is 6.42 Å². The highest BCUT2D eigenvalue weighted by Crippen LogP contribution is 2.12. The van der Waals surface area contributed by atoms with Gasteiger partial charge in [-0.15, -0.1) is 0 Å². The maximum absolute atomic E-state index is 11.8. The van der Waals surface area contributed by atoms with E-state index >= 15 is 0 Å². The second-order valence-electron chi connectivity index (χ2n) is 2.83. The molecule has 0 saturated carbocycles. The highest BCUT2D eigenvalue weighted by molar-refractivity contribution is 5.87. The van der Waals surface area contributed by atoms with Crippen LogP contribution >= 0.6 is 0 Å². The Bertz CT molecular complexity index is 242. The number of amides is 2. The van der Waals surface area contributed by atoms with E-state index in [0.717, 1.165) is 0 Å². The van der Waals surface area contributed by atoms with Gasteiger partial charge in [-0.1, -0.05) is 0 Å². The van der Waals surface area contributed by atoms with Gasteiger partial charge in [0.05, 0.1) is 19.0 Å². The number of nitrogens with one attached hydrogen (secondary N) is 2.